The van der Waals surface area contributed by atoms with Gasteiger partial charge >= 0.3 is 5.97 Å². The summed E-state index contributed by atoms with van der Waals surface area (Å²) >= 11 is 0. The van der Waals surface area contributed by atoms with Crippen LogP contribution in [0, 0.1) is 5.92 Å². The van der Waals surface area contributed by atoms with Crippen molar-refractivity contribution >= 4 is 17.6 Å². The average Bonchev–Trinajstić information content (AvgIpc) is 2.61. The van der Waals surface area contributed by atoms with Crippen LogP contribution in [0.2, 0.25) is 0 Å². The molecule has 96 valence electrons. The number of hydrogen-bond donors (Lipinski definition) is 0. The molecule has 2 rings (SSSR count). The maximum Gasteiger partial charge on any atom is 0.318 e. The van der Waals surface area contributed by atoms with Gasteiger partial charge in [-0.15, -0.1) is 0 Å². The highest BCUT2D eigenvalue weighted by Gasteiger charge is 2.33. The quantitative estimate of drug-likeness (QED) is 0.593. The fourth-order valence-electron chi connectivity index (χ4n) is 2.27. The number of nitrogens with zero attached hydrogens (tertiary/aromatic N) is 1. The number of esters is 1. The minimum Gasteiger partial charge on any atom is -0.468 e. The van der Waals surface area contributed by atoms with Gasteiger partial charge in [-0.25, -0.2) is 0 Å². The van der Waals surface area contributed by atoms with Crippen molar-refractivity contribution in [3.05, 3.63) is 30.3 Å². The average molecular weight is 247 g/mol. The molecule has 0 radical (unpaired) electrons. The molecule has 1 unspecified atom stereocenters. The molecule has 0 aliphatic carbocycles. The monoisotopic (exact) mass is 247 g/mol. The van der Waals surface area contributed by atoms with Gasteiger partial charge in [0.25, 0.3) is 0 Å². The van der Waals surface area contributed by atoms with E-state index in [1.54, 1.807) is 4.90 Å². The molecule has 1 aliphatic heterocycles. The molecule has 1 saturated heterocycles. The summed E-state index contributed by atoms with van der Waals surface area (Å²) in [5.41, 5.74) is 0.846. The third-order valence-electron chi connectivity index (χ3n) is 3.24. The number of benzene rings is 1. The summed E-state index contributed by atoms with van der Waals surface area (Å²) in [7, 11) is 1.33. The first-order valence-electron chi connectivity index (χ1n) is 6.18. The standard InChI is InChI=1S/C14H17NO3/c1-18-14(17)12-9-5-6-10-15(13(12)16)11-7-3-2-4-8-11/h2-4,7-8,12H,5-6,9-10H2,1H3. The topological polar surface area (TPSA) is 46.6 Å². The van der Waals surface area contributed by atoms with Gasteiger partial charge in [-0.1, -0.05) is 24.6 Å². The highest BCUT2D eigenvalue weighted by molar-refractivity contribution is 6.06. The number of methoxy groups -OCH3 is 1. The zero-order valence-corrected chi connectivity index (χ0v) is 10.5. The molecule has 0 N–H and O–H groups in total. The Bertz CT molecular complexity index is 430. The summed E-state index contributed by atoms with van der Waals surface area (Å²) in [5, 5.41) is 0. The van der Waals surface area contributed by atoms with E-state index < -0.39 is 11.9 Å². The van der Waals surface area contributed by atoms with E-state index in [1.807, 2.05) is 30.3 Å². The second kappa shape index (κ2) is 5.67. The van der Waals surface area contributed by atoms with Crippen molar-refractivity contribution in [1.29, 1.82) is 0 Å². The lowest BCUT2D eigenvalue weighted by Gasteiger charge is -2.23. The normalized spacial score (nSPS) is 20.4. The van der Waals surface area contributed by atoms with Gasteiger partial charge in [0.05, 0.1) is 7.11 Å². The first kappa shape index (κ1) is 12.6. The molecule has 0 saturated carbocycles. The molecular formula is C14H17NO3. The van der Waals surface area contributed by atoms with Crippen LogP contribution in [0.1, 0.15) is 19.3 Å². The van der Waals surface area contributed by atoms with E-state index in [9.17, 15) is 9.59 Å². The zero-order valence-electron chi connectivity index (χ0n) is 10.5. The molecule has 0 bridgehead atoms. The highest BCUT2D eigenvalue weighted by Crippen LogP contribution is 2.24. The molecule has 1 atom stereocenters. The lowest BCUT2D eigenvalue weighted by Crippen LogP contribution is -2.38. The van der Waals surface area contributed by atoms with Crippen LogP contribution in [0.15, 0.2) is 30.3 Å². The predicted octanol–water partition coefficient (Wildman–Crippen LogP) is 1.99. The number of rotatable bonds is 2. The first-order valence-corrected chi connectivity index (χ1v) is 6.18. The Morgan fingerprint density at radius 3 is 2.67 bits per heavy atom. The van der Waals surface area contributed by atoms with Crippen molar-refractivity contribution in [2.75, 3.05) is 18.6 Å². The van der Waals surface area contributed by atoms with Crippen LogP contribution in [0.3, 0.4) is 0 Å². The summed E-state index contributed by atoms with van der Waals surface area (Å²) in [6.07, 6.45) is 2.36. The van der Waals surface area contributed by atoms with Crippen LogP contribution in [0.25, 0.3) is 0 Å². The summed E-state index contributed by atoms with van der Waals surface area (Å²) < 4.78 is 4.71. The van der Waals surface area contributed by atoms with Gasteiger partial charge in [-0.2, -0.15) is 0 Å². The molecule has 1 aromatic carbocycles. The smallest absolute Gasteiger partial charge is 0.318 e. The molecular weight excluding hydrogens is 230 g/mol. The number of carbonyl (C=O) groups is 2. The fraction of sp³-hybridized carbons (Fsp3) is 0.429. The zero-order chi connectivity index (χ0) is 13.0. The maximum atomic E-state index is 12.4. The van der Waals surface area contributed by atoms with Crippen molar-refractivity contribution in [3.63, 3.8) is 0 Å². The molecule has 1 fully saturated rings. The number of carbonyl (C=O) groups excluding carboxylic acids is 2. The summed E-state index contributed by atoms with van der Waals surface area (Å²) in [4.78, 5) is 25.7. The summed E-state index contributed by atoms with van der Waals surface area (Å²) in [5.74, 6) is -1.23. The van der Waals surface area contributed by atoms with Crippen LogP contribution < -0.4 is 4.90 Å². The SMILES string of the molecule is COC(=O)C1CCCCN(c2ccccc2)C1=O. The highest BCUT2D eigenvalue weighted by atomic mass is 16.5. The number of hydrogen-bond acceptors (Lipinski definition) is 3. The second-order valence-electron chi connectivity index (χ2n) is 4.40. The lowest BCUT2D eigenvalue weighted by atomic mass is 10.0. The Morgan fingerprint density at radius 1 is 1.28 bits per heavy atom. The summed E-state index contributed by atoms with van der Waals surface area (Å²) in [6.45, 7) is 0.663. The van der Waals surface area contributed by atoms with Gasteiger partial charge < -0.3 is 9.64 Å². The van der Waals surface area contributed by atoms with Crippen LogP contribution in [-0.4, -0.2) is 25.5 Å². The Balaban J connectivity index is 2.25. The number of anilines is 1. The van der Waals surface area contributed by atoms with Crippen molar-refractivity contribution in [2.24, 2.45) is 5.92 Å². The number of amides is 1. The minimum absolute atomic E-state index is 0.148. The van der Waals surface area contributed by atoms with E-state index in [2.05, 4.69) is 0 Å². The van der Waals surface area contributed by atoms with Gasteiger partial charge in [0.1, 0.15) is 5.92 Å². The molecule has 4 nitrogen and oxygen atoms in total. The van der Waals surface area contributed by atoms with Crippen LogP contribution in [0.5, 0.6) is 0 Å². The van der Waals surface area contributed by atoms with Crippen LogP contribution in [0.4, 0.5) is 5.69 Å². The second-order valence-corrected chi connectivity index (χ2v) is 4.40. The molecule has 0 aromatic heterocycles. The van der Waals surface area contributed by atoms with E-state index in [-0.39, 0.29) is 5.91 Å². The molecule has 4 heteroatoms. The van der Waals surface area contributed by atoms with E-state index in [1.165, 1.54) is 7.11 Å². The molecule has 1 amide bonds. The number of para-hydroxylation sites is 1. The largest absolute Gasteiger partial charge is 0.468 e. The number of ether oxygens (including phenoxy) is 1. The lowest BCUT2D eigenvalue weighted by molar-refractivity contribution is -0.149. The summed E-state index contributed by atoms with van der Waals surface area (Å²) in [6, 6.07) is 9.46. The molecule has 1 heterocycles. The fourth-order valence-corrected chi connectivity index (χ4v) is 2.27. The predicted molar refractivity (Wildman–Crippen MR) is 68.2 cm³/mol. The van der Waals surface area contributed by atoms with E-state index in [0.717, 1.165) is 18.5 Å². The molecule has 1 aliphatic rings. The van der Waals surface area contributed by atoms with Gasteiger partial charge in [0.2, 0.25) is 5.91 Å². The third-order valence-corrected chi connectivity index (χ3v) is 3.24. The Hall–Kier alpha value is -1.84. The van der Waals surface area contributed by atoms with E-state index >= 15 is 0 Å². The van der Waals surface area contributed by atoms with Crippen molar-refractivity contribution in [3.8, 4) is 0 Å². The molecule has 18 heavy (non-hydrogen) atoms. The molecule has 0 spiro atoms. The third kappa shape index (κ3) is 2.53. The Labute approximate surface area is 107 Å². The van der Waals surface area contributed by atoms with Gasteiger partial charge in [-0.05, 0) is 25.0 Å². The molecule has 1 aromatic rings. The maximum absolute atomic E-state index is 12.4. The van der Waals surface area contributed by atoms with Gasteiger partial charge in [0.15, 0.2) is 0 Å². The van der Waals surface area contributed by atoms with Gasteiger partial charge in [0, 0.05) is 12.2 Å². The van der Waals surface area contributed by atoms with Crippen molar-refractivity contribution in [2.45, 2.75) is 19.3 Å². The Kier molecular flexibility index (Phi) is 3.97. The minimum atomic E-state index is -0.655. The van der Waals surface area contributed by atoms with E-state index in [4.69, 9.17) is 4.74 Å². The van der Waals surface area contributed by atoms with Gasteiger partial charge in [-0.3, -0.25) is 9.59 Å². The van der Waals surface area contributed by atoms with Crippen molar-refractivity contribution in [1.82, 2.24) is 0 Å². The first-order chi connectivity index (χ1) is 8.74. The van der Waals surface area contributed by atoms with Crippen molar-refractivity contribution < 1.29 is 14.3 Å². The van der Waals surface area contributed by atoms with Crippen LogP contribution >= 0.6 is 0 Å². The van der Waals surface area contributed by atoms with Crippen LogP contribution in [-0.2, 0) is 14.3 Å². The Morgan fingerprint density at radius 2 is 2.00 bits per heavy atom. The van der Waals surface area contributed by atoms with E-state index in [0.29, 0.717) is 13.0 Å².